The molecule has 2 unspecified atom stereocenters. The number of nitrogens with one attached hydrogen (secondary N) is 1. The van der Waals surface area contributed by atoms with Gasteiger partial charge in [0.1, 0.15) is 0 Å². The first-order valence-electron chi connectivity index (χ1n) is 5.50. The fourth-order valence-electron chi connectivity index (χ4n) is 2.34. The van der Waals surface area contributed by atoms with Gasteiger partial charge >= 0.3 is 0 Å². The molecule has 2 heteroatoms. The fraction of sp³-hybridized carbons (Fsp3) is 1.00. The Morgan fingerprint density at radius 2 is 2.15 bits per heavy atom. The lowest BCUT2D eigenvalue weighted by Crippen LogP contribution is -2.33. The lowest BCUT2D eigenvalue weighted by atomic mass is 10.1. The molecule has 2 aliphatic rings. The van der Waals surface area contributed by atoms with Gasteiger partial charge in [0, 0.05) is 12.6 Å². The molecule has 0 aromatic rings. The van der Waals surface area contributed by atoms with Gasteiger partial charge in [-0.2, -0.15) is 0 Å². The second kappa shape index (κ2) is 3.25. The van der Waals surface area contributed by atoms with E-state index < -0.39 is 0 Å². The van der Waals surface area contributed by atoms with E-state index in [0.29, 0.717) is 5.41 Å². The third-order valence-electron chi connectivity index (χ3n) is 3.76. The molecule has 0 radical (unpaired) electrons. The van der Waals surface area contributed by atoms with Crippen LogP contribution in [0.3, 0.4) is 0 Å². The van der Waals surface area contributed by atoms with Crippen molar-refractivity contribution in [1.29, 1.82) is 0 Å². The van der Waals surface area contributed by atoms with Gasteiger partial charge in [0.2, 0.25) is 0 Å². The van der Waals surface area contributed by atoms with E-state index in [4.69, 9.17) is 0 Å². The molecule has 2 atom stereocenters. The van der Waals surface area contributed by atoms with E-state index in [0.717, 1.165) is 12.0 Å². The summed E-state index contributed by atoms with van der Waals surface area (Å²) in [6.45, 7) is 8.50. The van der Waals surface area contributed by atoms with Crippen LogP contribution in [-0.2, 0) is 0 Å². The van der Waals surface area contributed by atoms with Crippen molar-refractivity contribution in [1.82, 2.24) is 10.2 Å². The molecule has 76 valence electrons. The van der Waals surface area contributed by atoms with Crippen molar-refractivity contribution < 1.29 is 0 Å². The van der Waals surface area contributed by atoms with Crippen molar-refractivity contribution in [3.63, 3.8) is 0 Å². The van der Waals surface area contributed by atoms with E-state index in [9.17, 15) is 0 Å². The molecule has 1 saturated heterocycles. The monoisotopic (exact) mass is 182 g/mol. The van der Waals surface area contributed by atoms with Crippen LogP contribution < -0.4 is 5.32 Å². The highest BCUT2D eigenvalue weighted by Gasteiger charge is 2.45. The maximum atomic E-state index is 3.69. The molecule has 0 bridgehead atoms. The van der Waals surface area contributed by atoms with Gasteiger partial charge < -0.3 is 10.2 Å². The van der Waals surface area contributed by atoms with E-state index in [1.165, 1.54) is 32.5 Å². The van der Waals surface area contributed by atoms with Gasteiger partial charge in [0.05, 0.1) is 0 Å². The summed E-state index contributed by atoms with van der Waals surface area (Å²) in [6.07, 6.45) is 2.76. The second-order valence-electron chi connectivity index (χ2n) is 5.55. The summed E-state index contributed by atoms with van der Waals surface area (Å²) in [6, 6.07) is 0.765. The van der Waals surface area contributed by atoms with Gasteiger partial charge in [0.15, 0.2) is 0 Å². The summed E-state index contributed by atoms with van der Waals surface area (Å²) in [7, 11) is 2.21. The molecule has 0 aromatic heterocycles. The molecule has 2 fully saturated rings. The minimum Gasteiger partial charge on any atom is -0.312 e. The zero-order chi connectivity index (χ0) is 9.47. The zero-order valence-electron chi connectivity index (χ0n) is 9.14. The highest BCUT2D eigenvalue weighted by Crippen LogP contribution is 2.51. The predicted molar refractivity (Wildman–Crippen MR) is 55.8 cm³/mol. The molecule has 1 saturated carbocycles. The Hall–Kier alpha value is -0.0800. The number of hydrogen-bond donors (Lipinski definition) is 1. The maximum absolute atomic E-state index is 3.69. The number of hydrogen-bond acceptors (Lipinski definition) is 2. The van der Waals surface area contributed by atoms with Gasteiger partial charge in [-0.1, -0.05) is 13.8 Å². The fourth-order valence-corrected chi connectivity index (χ4v) is 2.34. The Labute approximate surface area is 81.7 Å². The molecule has 0 spiro atoms. The molecule has 2 rings (SSSR count). The highest BCUT2D eigenvalue weighted by atomic mass is 15.2. The van der Waals surface area contributed by atoms with E-state index in [2.05, 4.69) is 31.1 Å². The first kappa shape index (κ1) is 9.47. The Balaban J connectivity index is 1.64. The summed E-state index contributed by atoms with van der Waals surface area (Å²) in [4.78, 5) is 2.41. The van der Waals surface area contributed by atoms with Crippen LogP contribution in [0, 0.1) is 11.3 Å². The Morgan fingerprint density at radius 1 is 1.46 bits per heavy atom. The Bertz CT molecular complexity index is 189. The normalized spacial score (nSPS) is 38.1. The smallest absolute Gasteiger partial charge is 0.0207 e. The lowest BCUT2D eigenvalue weighted by molar-refractivity contribution is 0.392. The number of likely N-dealkylation sites (N-methyl/N-ethyl adjacent to an activating group) is 1. The summed E-state index contributed by atoms with van der Waals surface area (Å²) in [5, 5.41) is 3.69. The summed E-state index contributed by atoms with van der Waals surface area (Å²) in [5.74, 6) is 0.943. The topological polar surface area (TPSA) is 15.3 Å². The average molecular weight is 182 g/mol. The predicted octanol–water partition coefficient (Wildman–Crippen LogP) is 1.33. The van der Waals surface area contributed by atoms with Crippen molar-refractivity contribution in [2.24, 2.45) is 11.3 Å². The first-order chi connectivity index (χ1) is 6.08. The summed E-state index contributed by atoms with van der Waals surface area (Å²) < 4.78 is 0. The summed E-state index contributed by atoms with van der Waals surface area (Å²) >= 11 is 0. The van der Waals surface area contributed by atoms with Crippen LogP contribution in [0.5, 0.6) is 0 Å². The number of likely N-dealkylation sites (tertiary alicyclic amines) is 1. The van der Waals surface area contributed by atoms with E-state index in [1.807, 2.05) is 0 Å². The van der Waals surface area contributed by atoms with Crippen LogP contribution in [0.2, 0.25) is 0 Å². The van der Waals surface area contributed by atoms with Crippen LogP contribution >= 0.6 is 0 Å². The van der Waals surface area contributed by atoms with E-state index in [1.54, 1.807) is 0 Å². The molecular formula is C11H22N2. The van der Waals surface area contributed by atoms with Crippen molar-refractivity contribution in [2.75, 3.05) is 26.7 Å². The molecule has 0 amide bonds. The Morgan fingerprint density at radius 3 is 2.62 bits per heavy atom. The Kier molecular flexibility index (Phi) is 2.37. The molecule has 1 heterocycles. The molecule has 0 aromatic carbocycles. The minimum atomic E-state index is 0.636. The van der Waals surface area contributed by atoms with Gasteiger partial charge in [-0.25, -0.2) is 0 Å². The third-order valence-corrected chi connectivity index (χ3v) is 3.76. The number of nitrogens with zero attached hydrogens (tertiary/aromatic N) is 1. The van der Waals surface area contributed by atoms with Crippen molar-refractivity contribution >= 4 is 0 Å². The molecule has 1 aliphatic carbocycles. The van der Waals surface area contributed by atoms with Crippen molar-refractivity contribution in [2.45, 2.75) is 32.7 Å². The molecule has 1 aliphatic heterocycles. The van der Waals surface area contributed by atoms with Crippen LogP contribution in [0.25, 0.3) is 0 Å². The van der Waals surface area contributed by atoms with Gasteiger partial charge in [-0.05, 0) is 44.3 Å². The van der Waals surface area contributed by atoms with Crippen molar-refractivity contribution in [3.05, 3.63) is 0 Å². The van der Waals surface area contributed by atoms with E-state index >= 15 is 0 Å². The molecular weight excluding hydrogens is 160 g/mol. The van der Waals surface area contributed by atoms with Crippen LogP contribution in [0.4, 0.5) is 0 Å². The molecule has 13 heavy (non-hydrogen) atoms. The van der Waals surface area contributed by atoms with Crippen molar-refractivity contribution in [3.8, 4) is 0 Å². The molecule has 2 nitrogen and oxygen atoms in total. The first-order valence-corrected chi connectivity index (χ1v) is 5.50. The standard InChI is InChI=1S/C11H22N2/c1-11(2)6-9(11)7-12-10-4-5-13(3)8-10/h9-10,12H,4-8H2,1-3H3. The SMILES string of the molecule is CN1CCC(NCC2CC2(C)C)C1. The lowest BCUT2D eigenvalue weighted by Gasteiger charge is -2.13. The van der Waals surface area contributed by atoms with Crippen LogP contribution in [-0.4, -0.2) is 37.6 Å². The quantitative estimate of drug-likeness (QED) is 0.708. The average Bonchev–Trinajstić information content (AvgIpc) is 2.45. The van der Waals surface area contributed by atoms with Crippen LogP contribution in [0.1, 0.15) is 26.7 Å². The molecule has 1 N–H and O–H groups in total. The van der Waals surface area contributed by atoms with Gasteiger partial charge in [-0.3, -0.25) is 0 Å². The second-order valence-corrected chi connectivity index (χ2v) is 5.55. The minimum absolute atomic E-state index is 0.636. The zero-order valence-corrected chi connectivity index (χ0v) is 9.14. The van der Waals surface area contributed by atoms with Gasteiger partial charge in [-0.15, -0.1) is 0 Å². The van der Waals surface area contributed by atoms with Gasteiger partial charge in [0.25, 0.3) is 0 Å². The highest BCUT2D eigenvalue weighted by molar-refractivity contribution is 4.97. The summed E-state index contributed by atoms with van der Waals surface area (Å²) in [5.41, 5.74) is 0.636. The van der Waals surface area contributed by atoms with Crippen LogP contribution in [0.15, 0.2) is 0 Å². The third kappa shape index (κ3) is 2.23. The number of rotatable bonds is 3. The van der Waals surface area contributed by atoms with E-state index in [-0.39, 0.29) is 0 Å². The largest absolute Gasteiger partial charge is 0.312 e. The maximum Gasteiger partial charge on any atom is 0.0207 e.